The smallest absolute Gasteiger partial charge is 0.376 e. The van der Waals surface area contributed by atoms with Gasteiger partial charge in [0, 0.05) is 31.6 Å². The molecule has 2 rings (SSSR count). The minimum atomic E-state index is -0.769. The molecule has 0 N–H and O–H groups in total. The summed E-state index contributed by atoms with van der Waals surface area (Å²) < 4.78 is 16.9. The van der Waals surface area contributed by atoms with Crippen LogP contribution in [-0.2, 0) is 19.0 Å². The summed E-state index contributed by atoms with van der Waals surface area (Å²) in [4.78, 5) is 11.8. The van der Waals surface area contributed by atoms with Gasteiger partial charge >= 0.3 is 5.97 Å². The van der Waals surface area contributed by atoms with Crippen LogP contribution in [0.3, 0.4) is 0 Å². The van der Waals surface area contributed by atoms with E-state index in [9.17, 15) is 10.0 Å². The van der Waals surface area contributed by atoms with Crippen LogP contribution in [0.2, 0.25) is 0 Å². The third kappa shape index (κ3) is 2.96. The van der Waals surface area contributed by atoms with Gasteiger partial charge in [0.1, 0.15) is 0 Å². The van der Waals surface area contributed by atoms with Crippen LogP contribution in [0, 0.1) is 11.1 Å². The SMILES string of the molecule is COC(=O)C(C(C)C)[N+]([O-])=C1CCC2(CC1)OCCO2. The first-order valence-electron chi connectivity index (χ1n) is 7.16. The first kappa shape index (κ1) is 15.3. The maximum absolute atomic E-state index is 12.4. The first-order chi connectivity index (χ1) is 9.49. The molecule has 6 nitrogen and oxygen atoms in total. The quantitative estimate of drug-likeness (QED) is 0.340. The summed E-state index contributed by atoms with van der Waals surface area (Å²) in [6.45, 7) is 4.93. The molecule has 0 aromatic carbocycles. The van der Waals surface area contributed by atoms with Crippen molar-refractivity contribution in [3.05, 3.63) is 5.21 Å². The maximum Gasteiger partial charge on any atom is 0.376 e. The minimum absolute atomic E-state index is 0.0951. The molecule has 1 unspecified atom stereocenters. The molecule has 6 heteroatoms. The summed E-state index contributed by atoms with van der Waals surface area (Å²) >= 11 is 0. The van der Waals surface area contributed by atoms with E-state index in [1.807, 2.05) is 13.8 Å². The average molecular weight is 285 g/mol. The molecular formula is C14H23NO5. The van der Waals surface area contributed by atoms with Gasteiger partial charge in [-0.15, -0.1) is 0 Å². The number of methoxy groups -OCH3 is 1. The normalized spacial score (nSPS) is 23.1. The van der Waals surface area contributed by atoms with E-state index in [-0.39, 0.29) is 5.92 Å². The molecule has 1 atom stereocenters. The molecular weight excluding hydrogens is 262 g/mol. The highest BCUT2D eigenvalue weighted by atomic mass is 16.7. The molecule has 114 valence electrons. The van der Waals surface area contributed by atoms with Crippen molar-refractivity contribution in [1.29, 1.82) is 0 Å². The fourth-order valence-electron chi connectivity index (χ4n) is 2.88. The van der Waals surface area contributed by atoms with Crippen LogP contribution in [0.4, 0.5) is 0 Å². The zero-order valence-electron chi connectivity index (χ0n) is 12.4. The highest BCUT2D eigenvalue weighted by Gasteiger charge is 2.42. The summed E-state index contributed by atoms with van der Waals surface area (Å²) in [6, 6.07) is -0.769. The molecule has 0 bridgehead atoms. The van der Waals surface area contributed by atoms with Crippen molar-refractivity contribution in [3.63, 3.8) is 0 Å². The molecule has 1 aliphatic carbocycles. The zero-order valence-corrected chi connectivity index (χ0v) is 12.4. The average Bonchev–Trinajstić information content (AvgIpc) is 2.87. The van der Waals surface area contributed by atoms with Crippen LogP contribution in [0.25, 0.3) is 0 Å². The van der Waals surface area contributed by atoms with Crippen molar-refractivity contribution in [2.24, 2.45) is 5.92 Å². The molecule has 1 saturated carbocycles. The van der Waals surface area contributed by atoms with E-state index in [2.05, 4.69) is 0 Å². The molecule has 1 heterocycles. The number of nitrogens with zero attached hydrogens (tertiary/aromatic N) is 1. The molecule has 0 aromatic heterocycles. The molecule has 0 radical (unpaired) electrons. The number of carbonyl (C=O) groups is 1. The van der Waals surface area contributed by atoms with Gasteiger partial charge in [-0.1, -0.05) is 13.8 Å². The summed E-state index contributed by atoms with van der Waals surface area (Å²) in [5, 5.41) is 12.4. The predicted octanol–water partition coefficient (Wildman–Crippen LogP) is 1.45. The Bertz CT molecular complexity index is 386. The summed E-state index contributed by atoms with van der Waals surface area (Å²) in [6.07, 6.45) is 2.55. The van der Waals surface area contributed by atoms with Crippen LogP contribution in [0.1, 0.15) is 39.5 Å². The standard InChI is InChI=1S/C14H23NO5/c1-10(2)12(13(16)18-3)15(17)11-4-6-14(7-5-11)19-8-9-20-14/h10,12H,4-9H2,1-3H3. The van der Waals surface area contributed by atoms with Crippen molar-refractivity contribution in [2.75, 3.05) is 20.3 Å². The molecule has 1 aliphatic heterocycles. The van der Waals surface area contributed by atoms with Gasteiger partial charge in [-0.05, 0) is 0 Å². The number of carbonyl (C=O) groups excluding carboxylic acids is 1. The Morgan fingerprint density at radius 3 is 2.30 bits per heavy atom. The Morgan fingerprint density at radius 2 is 1.85 bits per heavy atom. The van der Waals surface area contributed by atoms with Crippen molar-refractivity contribution >= 4 is 11.7 Å². The van der Waals surface area contributed by atoms with Gasteiger partial charge < -0.3 is 19.4 Å². The number of hydroxylamine groups is 1. The molecule has 0 amide bonds. The van der Waals surface area contributed by atoms with Crippen LogP contribution < -0.4 is 0 Å². The van der Waals surface area contributed by atoms with Gasteiger partial charge in [-0.3, -0.25) is 0 Å². The Kier molecular flexibility index (Phi) is 4.65. The number of rotatable bonds is 3. The van der Waals surface area contributed by atoms with Crippen molar-refractivity contribution < 1.29 is 23.7 Å². The molecule has 1 saturated heterocycles. The molecule has 0 aromatic rings. The van der Waals surface area contributed by atoms with Crippen molar-refractivity contribution in [3.8, 4) is 0 Å². The van der Waals surface area contributed by atoms with Crippen molar-refractivity contribution in [2.45, 2.75) is 51.4 Å². The minimum Gasteiger partial charge on any atom is -0.623 e. The largest absolute Gasteiger partial charge is 0.623 e. The fourth-order valence-corrected chi connectivity index (χ4v) is 2.88. The Balaban J connectivity index is 2.10. The second-order valence-electron chi connectivity index (χ2n) is 5.71. The Hall–Kier alpha value is -1.14. The van der Waals surface area contributed by atoms with Gasteiger partial charge in [-0.25, -0.2) is 4.79 Å². The lowest BCUT2D eigenvalue weighted by atomic mass is 9.91. The van der Waals surface area contributed by atoms with Crippen molar-refractivity contribution in [1.82, 2.24) is 0 Å². The van der Waals surface area contributed by atoms with Gasteiger partial charge in [-0.2, -0.15) is 4.74 Å². The highest BCUT2D eigenvalue weighted by molar-refractivity contribution is 5.83. The second-order valence-corrected chi connectivity index (χ2v) is 5.71. The second kappa shape index (κ2) is 6.10. The zero-order chi connectivity index (χ0) is 14.8. The number of hydrogen-bond donors (Lipinski definition) is 0. The fraction of sp³-hybridized carbons (Fsp3) is 0.857. The predicted molar refractivity (Wildman–Crippen MR) is 72.4 cm³/mol. The number of ether oxygens (including phenoxy) is 3. The lowest BCUT2D eigenvalue weighted by molar-refractivity contribution is -0.500. The van der Waals surface area contributed by atoms with Gasteiger partial charge in [0.15, 0.2) is 11.5 Å². The number of hydrogen-bond acceptors (Lipinski definition) is 5. The molecule has 1 spiro atoms. The topological polar surface area (TPSA) is 70.8 Å². The molecule has 2 fully saturated rings. The maximum atomic E-state index is 12.4. The summed E-state index contributed by atoms with van der Waals surface area (Å²) in [5.74, 6) is -1.07. The highest BCUT2D eigenvalue weighted by Crippen LogP contribution is 2.34. The van der Waals surface area contributed by atoms with E-state index in [4.69, 9.17) is 14.2 Å². The van der Waals surface area contributed by atoms with Gasteiger partial charge in [0.05, 0.1) is 20.3 Å². The van der Waals surface area contributed by atoms with Crippen LogP contribution in [0.5, 0.6) is 0 Å². The summed E-state index contributed by atoms with van der Waals surface area (Å²) in [7, 11) is 1.31. The van der Waals surface area contributed by atoms with E-state index >= 15 is 0 Å². The van der Waals surface area contributed by atoms with Crippen LogP contribution in [-0.4, -0.2) is 48.6 Å². The Morgan fingerprint density at radius 1 is 1.30 bits per heavy atom. The van der Waals surface area contributed by atoms with Gasteiger partial charge in [0.25, 0.3) is 6.04 Å². The van der Waals surface area contributed by atoms with E-state index in [1.165, 1.54) is 7.11 Å². The van der Waals surface area contributed by atoms with E-state index in [0.29, 0.717) is 38.9 Å². The molecule has 20 heavy (non-hydrogen) atoms. The van der Waals surface area contributed by atoms with E-state index in [1.54, 1.807) is 0 Å². The third-order valence-corrected chi connectivity index (χ3v) is 4.04. The monoisotopic (exact) mass is 285 g/mol. The lowest BCUT2D eigenvalue weighted by Gasteiger charge is -2.32. The third-order valence-electron chi connectivity index (χ3n) is 4.04. The van der Waals surface area contributed by atoms with E-state index in [0.717, 1.165) is 10.5 Å². The molecule has 2 aliphatic rings. The summed E-state index contributed by atoms with van der Waals surface area (Å²) in [5.41, 5.74) is 0.735. The van der Waals surface area contributed by atoms with Crippen LogP contribution >= 0.6 is 0 Å². The Labute approximate surface area is 119 Å². The van der Waals surface area contributed by atoms with E-state index < -0.39 is 17.8 Å². The van der Waals surface area contributed by atoms with Gasteiger partial charge in [0.2, 0.25) is 0 Å². The number of esters is 1. The lowest BCUT2D eigenvalue weighted by Crippen LogP contribution is -2.43. The first-order valence-corrected chi connectivity index (χ1v) is 7.16. The van der Waals surface area contributed by atoms with Crippen LogP contribution in [0.15, 0.2) is 0 Å².